The van der Waals surface area contributed by atoms with Gasteiger partial charge < -0.3 is 5.32 Å². The lowest BCUT2D eigenvalue weighted by molar-refractivity contribution is -0.118. The van der Waals surface area contributed by atoms with Crippen molar-refractivity contribution in [3.63, 3.8) is 0 Å². The highest BCUT2D eigenvalue weighted by Gasteiger charge is 2.41. The summed E-state index contributed by atoms with van der Waals surface area (Å²) >= 11 is 0. The molecular formula is C19H19FN2O. The second kappa shape index (κ2) is 5.34. The first-order valence-electron chi connectivity index (χ1n) is 7.72. The summed E-state index contributed by atoms with van der Waals surface area (Å²) in [5.74, 6) is -0.796. The van der Waals surface area contributed by atoms with Gasteiger partial charge in [-0.05, 0) is 36.5 Å². The Morgan fingerprint density at radius 2 is 2.09 bits per heavy atom. The van der Waals surface area contributed by atoms with Gasteiger partial charge in [0.25, 0.3) is 0 Å². The van der Waals surface area contributed by atoms with E-state index < -0.39 is 5.92 Å². The van der Waals surface area contributed by atoms with E-state index in [1.165, 1.54) is 12.1 Å². The number of hydrogen-bond acceptors (Lipinski definition) is 3. The summed E-state index contributed by atoms with van der Waals surface area (Å²) in [5, 5.41) is 12.8. The zero-order valence-electron chi connectivity index (χ0n) is 13.5. The molecule has 1 N–H and O–H groups in total. The van der Waals surface area contributed by atoms with Crippen LogP contribution >= 0.6 is 0 Å². The minimum absolute atomic E-state index is 0.0401. The number of nitrogens with one attached hydrogen (secondary N) is 1. The van der Waals surface area contributed by atoms with Crippen LogP contribution in [0.15, 0.2) is 46.8 Å². The first-order chi connectivity index (χ1) is 10.8. The first-order valence-corrected chi connectivity index (χ1v) is 7.72. The molecule has 1 aliphatic heterocycles. The molecule has 0 aromatic heterocycles. The van der Waals surface area contributed by atoms with Gasteiger partial charge in [-0.1, -0.05) is 26.0 Å². The van der Waals surface area contributed by atoms with Crippen LogP contribution in [-0.4, -0.2) is 5.78 Å². The maximum Gasteiger partial charge on any atom is 0.162 e. The van der Waals surface area contributed by atoms with Crippen LogP contribution < -0.4 is 5.32 Å². The van der Waals surface area contributed by atoms with Gasteiger partial charge in [0, 0.05) is 23.4 Å². The van der Waals surface area contributed by atoms with Crippen molar-refractivity contribution in [2.45, 2.75) is 39.5 Å². The highest BCUT2D eigenvalue weighted by Crippen LogP contribution is 2.46. The summed E-state index contributed by atoms with van der Waals surface area (Å²) in [6.45, 7) is 5.96. The van der Waals surface area contributed by atoms with Gasteiger partial charge in [-0.15, -0.1) is 0 Å². The average Bonchev–Trinajstić information content (AvgIpc) is 2.44. The predicted molar refractivity (Wildman–Crippen MR) is 85.6 cm³/mol. The van der Waals surface area contributed by atoms with Gasteiger partial charge in [-0.2, -0.15) is 5.26 Å². The van der Waals surface area contributed by atoms with E-state index in [1.54, 1.807) is 12.1 Å². The number of nitriles is 1. The lowest BCUT2D eigenvalue weighted by atomic mass is 9.69. The molecular weight excluding hydrogens is 291 g/mol. The predicted octanol–water partition coefficient (Wildman–Crippen LogP) is 3.95. The van der Waals surface area contributed by atoms with Crippen molar-refractivity contribution in [1.82, 2.24) is 5.32 Å². The molecule has 23 heavy (non-hydrogen) atoms. The highest BCUT2D eigenvalue weighted by molar-refractivity contribution is 6.00. The van der Waals surface area contributed by atoms with Gasteiger partial charge >= 0.3 is 0 Å². The monoisotopic (exact) mass is 310 g/mol. The molecule has 1 unspecified atom stereocenters. The Labute approximate surface area is 135 Å². The number of carbonyl (C=O) groups is 1. The molecule has 1 aliphatic carbocycles. The van der Waals surface area contributed by atoms with E-state index in [1.807, 2.05) is 6.92 Å². The molecule has 0 saturated heterocycles. The molecule has 0 amide bonds. The van der Waals surface area contributed by atoms with E-state index >= 15 is 0 Å². The summed E-state index contributed by atoms with van der Waals surface area (Å²) < 4.78 is 13.7. The zero-order valence-corrected chi connectivity index (χ0v) is 13.5. The Bertz CT molecular complexity index is 796. The van der Waals surface area contributed by atoms with Crippen molar-refractivity contribution in [1.29, 1.82) is 5.26 Å². The van der Waals surface area contributed by atoms with E-state index in [0.29, 0.717) is 23.1 Å². The zero-order chi connectivity index (χ0) is 16.8. The van der Waals surface area contributed by atoms with E-state index in [-0.39, 0.29) is 17.0 Å². The molecule has 0 radical (unpaired) electrons. The fourth-order valence-electron chi connectivity index (χ4n) is 3.60. The fraction of sp³-hybridized carbons (Fsp3) is 0.368. The maximum atomic E-state index is 13.7. The van der Waals surface area contributed by atoms with E-state index in [0.717, 1.165) is 17.8 Å². The molecule has 1 heterocycles. The number of ketones is 1. The number of hydrogen-bond donors (Lipinski definition) is 1. The average molecular weight is 310 g/mol. The van der Waals surface area contributed by atoms with Gasteiger partial charge in [0.05, 0.1) is 17.6 Å². The summed E-state index contributed by atoms with van der Waals surface area (Å²) in [7, 11) is 0. The van der Waals surface area contributed by atoms with Crippen molar-refractivity contribution in [3.8, 4) is 6.07 Å². The largest absolute Gasteiger partial charge is 0.361 e. The minimum Gasteiger partial charge on any atom is -0.361 e. The van der Waals surface area contributed by atoms with Crippen molar-refractivity contribution in [3.05, 3.63) is 58.2 Å². The maximum absolute atomic E-state index is 13.7. The van der Waals surface area contributed by atoms with E-state index in [4.69, 9.17) is 0 Å². The summed E-state index contributed by atoms with van der Waals surface area (Å²) in [6, 6.07) is 8.39. The number of benzene rings is 1. The van der Waals surface area contributed by atoms with E-state index in [2.05, 4.69) is 25.2 Å². The van der Waals surface area contributed by atoms with Gasteiger partial charge in [0.2, 0.25) is 0 Å². The fourth-order valence-corrected chi connectivity index (χ4v) is 3.60. The smallest absolute Gasteiger partial charge is 0.162 e. The molecule has 3 rings (SSSR count). The van der Waals surface area contributed by atoms with Crippen molar-refractivity contribution < 1.29 is 9.18 Å². The summed E-state index contributed by atoms with van der Waals surface area (Å²) in [4.78, 5) is 12.8. The molecule has 1 aromatic rings. The van der Waals surface area contributed by atoms with Gasteiger partial charge in [-0.3, -0.25) is 4.79 Å². The highest BCUT2D eigenvalue weighted by atomic mass is 19.1. The summed E-state index contributed by atoms with van der Waals surface area (Å²) in [5.41, 5.74) is 3.27. The normalized spacial score (nSPS) is 23.3. The van der Waals surface area contributed by atoms with Crippen LogP contribution in [0.2, 0.25) is 0 Å². The number of Topliss-reactive ketones (excluding diaryl/α,β-unsaturated/α-hetero) is 1. The lowest BCUT2D eigenvalue weighted by Gasteiger charge is -2.38. The molecule has 4 heteroatoms. The standard InChI is InChI=1S/C19H19FN2O/c1-11-14(10-21)17(12-5-4-6-13(20)7-12)18-15(22-11)8-19(2,3)9-16(18)23/h4-7,17,22H,8-9H2,1-3H3. The van der Waals surface area contributed by atoms with Crippen molar-refractivity contribution >= 4 is 5.78 Å². The third-order valence-corrected chi connectivity index (χ3v) is 4.54. The Morgan fingerprint density at radius 3 is 2.74 bits per heavy atom. The van der Waals surface area contributed by atoms with Crippen LogP contribution in [0.3, 0.4) is 0 Å². The Morgan fingerprint density at radius 1 is 1.35 bits per heavy atom. The number of rotatable bonds is 1. The van der Waals surface area contributed by atoms with Crippen LogP contribution in [0.1, 0.15) is 45.1 Å². The second-order valence-corrected chi connectivity index (χ2v) is 7.10. The molecule has 2 aliphatic rings. The molecule has 0 saturated carbocycles. The number of dihydropyridines is 1. The van der Waals surface area contributed by atoms with Crippen LogP contribution in [0.4, 0.5) is 4.39 Å². The van der Waals surface area contributed by atoms with Crippen LogP contribution in [-0.2, 0) is 4.79 Å². The van der Waals surface area contributed by atoms with Gasteiger partial charge in [-0.25, -0.2) is 4.39 Å². The van der Waals surface area contributed by atoms with Crippen LogP contribution in [0, 0.1) is 22.6 Å². The van der Waals surface area contributed by atoms with Gasteiger partial charge in [0.1, 0.15) is 5.82 Å². The number of carbonyl (C=O) groups excluding carboxylic acids is 1. The Hall–Kier alpha value is -2.41. The molecule has 0 fully saturated rings. The molecule has 1 aromatic carbocycles. The lowest BCUT2D eigenvalue weighted by Crippen LogP contribution is -2.36. The number of halogens is 1. The summed E-state index contributed by atoms with van der Waals surface area (Å²) in [6.07, 6.45) is 1.19. The van der Waals surface area contributed by atoms with Crippen LogP contribution in [0.5, 0.6) is 0 Å². The van der Waals surface area contributed by atoms with E-state index in [9.17, 15) is 14.4 Å². The number of nitrogens with zero attached hydrogens (tertiary/aromatic N) is 1. The first kappa shape index (κ1) is 15.5. The quantitative estimate of drug-likeness (QED) is 0.854. The molecule has 0 spiro atoms. The SMILES string of the molecule is CC1=C(C#N)C(c2cccc(F)c2)C2=C(CC(C)(C)CC2=O)N1. The third-order valence-electron chi connectivity index (χ3n) is 4.54. The second-order valence-electron chi connectivity index (χ2n) is 7.10. The van der Waals surface area contributed by atoms with Gasteiger partial charge in [0.15, 0.2) is 5.78 Å². The molecule has 1 atom stereocenters. The van der Waals surface area contributed by atoms with Crippen LogP contribution in [0.25, 0.3) is 0 Å². The molecule has 0 bridgehead atoms. The molecule has 118 valence electrons. The topological polar surface area (TPSA) is 52.9 Å². The third kappa shape index (κ3) is 2.68. The Kier molecular flexibility index (Phi) is 3.60. The Balaban J connectivity index is 2.19. The van der Waals surface area contributed by atoms with Crippen molar-refractivity contribution in [2.75, 3.05) is 0 Å². The number of allylic oxidation sites excluding steroid dienone is 4. The minimum atomic E-state index is -0.476. The molecule has 3 nitrogen and oxygen atoms in total. The van der Waals surface area contributed by atoms with Crippen molar-refractivity contribution in [2.24, 2.45) is 5.41 Å².